The molecule has 0 aliphatic heterocycles. The molecule has 0 aromatic heterocycles. The highest BCUT2D eigenvalue weighted by Gasteiger charge is 2.34. The summed E-state index contributed by atoms with van der Waals surface area (Å²) >= 11 is 5.67. The Kier molecular flexibility index (Phi) is 4.68. The van der Waals surface area contributed by atoms with Crippen LogP contribution in [0.15, 0.2) is 18.2 Å². The van der Waals surface area contributed by atoms with Crippen molar-refractivity contribution in [2.45, 2.75) is 26.1 Å². The Morgan fingerprint density at radius 1 is 1.37 bits per heavy atom. The zero-order chi connectivity index (χ0) is 14.8. The van der Waals surface area contributed by atoms with Crippen molar-refractivity contribution in [3.63, 3.8) is 0 Å². The van der Waals surface area contributed by atoms with Gasteiger partial charge in [0.2, 0.25) is 0 Å². The first-order valence-electron chi connectivity index (χ1n) is 5.49. The number of halogens is 4. The SMILES string of the molecule is CC(C)[C@@H](Nc1cccc(C(F)(F)F)c1Cl)C(=O)O. The number of carboxylic acids is 1. The zero-order valence-electron chi connectivity index (χ0n) is 10.3. The van der Waals surface area contributed by atoms with E-state index in [2.05, 4.69) is 5.32 Å². The second kappa shape index (κ2) is 5.69. The molecule has 3 nitrogen and oxygen atoms in total. The van der Waals surface area contributed by atoms with Crippen molar-refractivity contribution in [3.8, 4) is 0 Å². The van der Waals surface area contributed by atoms with Crippen LogP contribution in [0.2, 0.25) is 5.02 Å². The molecule has 0 unspecified atom stereocenters. The van der Waals surface area contributed by atoms with Crippen molar-refractivity contribution >= 4 is 23.3 Å². The molecule has 0 aliphatic rings. The number of nitrogens with one attached hydrogen (secondary N) is 1. The standard InChI is InChI=1S/C12H13ClF3NO2/c1-6(2)10(11(18)19)17-8-5-3-4-7(9(8)13)12(14,15)16/h3-6,10,17H,1-2H3,(H,18,19)/t10-/m1/s1. The van der Waals surface area contributed by atoms with Gasteiger partial charge < -0.3 is 10.4 Å². The van der Waals surface area contributed by atoms with Gasteiger partial charge in [-0.1, -0.05) is 31.5 Å². The Morgan fingerprint density at radius 3 is 2.37 bits per heavy atom. The molecule has 0 radical (unpaired) electrons. The minimum absolute atomic E-state index is 0.0439. The molecule has 1 aromatic rings. The van der Waals surface area contributed by atoms with Crippen molar-refractivity contribution in [1.82, 2.24) is 0 Å². The summed E-state index contributed by atoms with van der Waals surface area (Å²) in [6, 6.07) is 2.33. The third-order valence-electron chi connectivity index (χ3n) is 2.55. The number of hydrogen-bond acceptors (Lipinski definition) is 2. The summed E-state index contributed by atoms with van der Waals surface area (Å²) in [4.78, 5) is 11.0. The molecule has 0 saturated heterocycles. The van der Waals surface area contributed by atoms with Crippen LogP contribution in [-0.2, 0) is 11.0 Å². The average Bonchev–Trinajstić information content (AvgIpc) is 2.24. The predicted octanol–water partition coefficient (Wildman–Crippen LogP) is 3.88. The van der Waals surface area contributed by atoms with Crippen LogP contribution in [0.5, 0.6) is 0 Å². The number of anilines is 1. The Balaban J connectivity index is 3.12. The number of carboxylic acid groups (broad SMARTS) is 1. The van der Waals surface area contributed by atoms with E-state index in [1.807, 2.05) is 0 Å². The van der Waals surface area contributed by atoms with E-state index in [0.717, 1.165) is 6.07 Å². The first kappa shape index (κ1) is 15.6. The third-order valence-corrected chi connectivity index (χ3v) is 2.96. The quantitative estimate of drug-likeness (QED) is 0.886. The molecular formula is C12H13ClF3NO2. The van der Waals surface area contributed by atoms with Gasteiger partial charge in [-0.2, -0.15) is 13.2 Å². The Labute approximate surface area is 113 Å². The lowest BCUT2D eigenvalue weighted by Gasteiger charge is -2.21. The molecule has 0 heterocycles. The molecule has 1 atom stereocenters. The van der Waals surface area contributed by atoms with Gasteiger partial charge >= 0.3 is 12.1 Å². The number of aliphatic carboxylic acids is 1. The summed E-state index contributed by atoms with van der Waals surface area (Å²) in [7, 11) is 0. The summed E-state index contributed by atoms with van der Waals surface area (Å²) in [5, 5.41) is 11.0. The highest BCUT2D eigenvalue weighted by atomic mass is 35.5. The van der Waals surface area contributed by atoms with E-state index in [0.29, 0.717) is 0 Å². The van der Waals surface area contributed by atoms with Gasteiger partial charge in [-0.05, 0) is 18.1 Å². The van der Waals surface area contributed by atoms with E-state index in [-0.39, 0.29) is 11.6 Å². The smallest absolute Gasteiger partial charge is 0.417 e. The van der Waals surface area contributed by atoms with Gasteiger partial charge in [-0.15, -0.1) is 0 Å². The Bertz CT molecular complexity index is 475. The predicted molar refractivity (Wildman–Crippen MR) is 66.3 cm³/mol. The Morgan fingerprint density at radius 2 is 1.95 bits per heavy atom. The van der Waals surface area contributed by atoms with Crippen LogP contribution in [0.4, 0.5) is 18.9 Å². The van der Waals surface area contributed by atoms with E-state index < -0.39 is 28.8 Å². The molecule has 1 aromatic carbocycles. The number of carbonyl (C=O) groups is 1. The fourth-order valence-corrected chi connectivity index (χ4v) is 1.83. The highest BCUT2D eigenvalue weighted by Crippen LogP contribution is 2.38. The van der Waals surface area contributed by atoms with Crippen LogP contribution in [0.1, 0.15) is 19.4 Å². The van der Waals surface area contributed by atoms with E-state index in [1.165, 1.54) is 12.1 Å². The van der Waals surface area contributed by atoms with Crippen LogP contribution >= 0.6 is 11.6 Å². The molecule has 0 bridgehead atoms. The monoisotopic (exact) mass is 295 g/mol. The molecule has 0 spiro atoms. The maximum absolute atomic E-state index is 12.7. The van der Waals surface area contributed by atoms with Crippen LogP contribution < -0.4 is 5.32 Å². The lowest BCUT2D eigenvalue weighted by molar-refractivity contribution is -0.139. The summed E-state index contributed by atoms with van der Waals surface area (Å²) in [5.74, 6) is -1.45. The number of benzene rings is 1. The Hall–Kier alpha value is -1.43. The lowest BCUT2D eigenvalue weighted by Crippen LogP contribution is -2.34. The van der Waals surface area contributed by atoms with E-state index in [9.17, 15) is 18.0 Å². The van der Waals surface area contributed by atoms with Gasteiger partial charge in [0.15, 0.2) is 0 Å². The summed E-state index contributed by atoms with van der Waals surface area (Å²) in [5.41, 5.74) is -1.04. The maximum atomic E-state index is 12.7. The van der Waals surface area contributed by atoms with Crippen LogP contribution in [0.3, 0.4) is 0 Å². The van der Waals surface area contributed by atoms with Crippen molar-refractivity contribution in [1.29, 1.82) is 0 Å². The van der Waals surface area contributed by atoms with Gasteiger partial charge in [-0.3, -0.25) is 0 Å². The number of rotatable bonds is 4. The minimum Gasteiger partial charge on any atom is -0.480 e. The average molecular weight is 296 g/mol. The molecule has 0 aliphatic carbocycles. The molecule has 2 N–H and O–H groups in total. The molecule has 106 valence electrons. The fourth-order valence-electron chi connectivity index (χ4n) is 1.54. The third kappa shape index (κ3) is 3.76. The normalized spacial score (nSPS) is 13.4. The van der Waals surface area contributed by atoms with E-state index in [1.54, 1.807) is 13.8 Å². The summed E-state index contributed by atoms with van der Waals surface area (Å²) in [6.07, 6.45) is -4.58. The van der Waals surface area contributed by atoms with Crippen molar-refractivity contribution in [2.75, 3.05) is 5.32 Å². The maximum Gasteiger partial charge on any atom is 0.417 e. The van der Waals surface area contributed by atoms with Gasteiger partial charge in [0.05, 0.1) is 16.3 Å². The van der Waals surface area contributed by atoms with Gasteiger partial charge in [0.1, 0.15) is 6.04 Å². The van der Waals surface area contributed by atoms with Crippen molar-refractivity contribution in [3.05, 3.63) is 28.8 Å². The second-order valence-corrected chi connectivity index (χ2v) is 4.75. The van der Waals surface area contributed by atoms with Crippen LogP contribution in [0, 0.1) is 5.92 Å². The van der Waals surface area contributed by atoms with E-state index >= 15 is 0 Å². The molecule has 0 fully saturated rings. The molecule has 1 rings (SSSR count). The van der Waals surface area contributed by atoms with Gasteiger partial charge in [-0.25, -0.2) is 4.79 Å². The topological polar surface area (TPSA) is 49.3 Å². The first-order chi connectivity index (χ1) is 8.64. The lowest BCUT2D eigenvalue weighted by atomic mass is 10.0. The van der Waals surface area contributed by atoms with Crippen LogP contribution in [0.25, 0.3) is 0 Å². The van der Waals surface area contributed by atoms with Gasteiger partial charge in [0.25, 0.3) is 0 Å². The number of alkyl halides is 3. The first-order valence-corrected chi connectivity index (χ1v) is 5.87. The highest BCUT2D eigenvalue weighted by molar-refractivity contribution is 6.34. The van der Waals surface area contributed by atoms with Crippen LogP contribution in [-0.4, -0.2) is 17.1 Å². The fraction of sp³-hybridized carbons (Fsp3) is 0.417. The van der Waals surface area contributed by atoms with Crippen molar-refractivity contribution in [2.24, 2.45) is 5.92 Å². The summed E-state index contributed by atoms with van der Waals surface area (Å²) < 4.78 is 38.0. The molecule has 0 saturated carbocycles. The molecule has 7 heteroatoms. The van der Waals surface area contributed by atoms with Gasteiger partial charge in [0, 0.05) is 0 Å². The van der Waals surface area contributed by atoms with E-state index in [4.69, 9.17) is 16.7 Å². The molecular weight excluding hydrogens is 283 g/mol. The second-order valence-electron chi connectivity index (χ2n) is 4.37. The molecule has 0 amide bonds. The minimum atomic E-state index is -4.58. The summed E-state index contributed by atoms with van der Waals surface area (Å²) in [6.45, 7) is 3.29. The zero-order valence-corrected chi connectivity index (χ0v) is 11.0. The largest absolute Gasteiger partial charge is 0.480 e. The van der Waals surface area contributed by atoms with Crippen molar-refractivity contribution < 1.29 is 23.1 Å². The number of hydrogen-bond donors (Lipinski definition) is 2. The molecule has 19 heavy (non-hydrogen) atoms.